The lowest BCUT2D eigenvalue weighted by Crippen LogP contribution is -2.36. The Kier molecular flexibility index (Phi) is 7.91. The van der Waals surface area contributed by atoms with Crippen LogP contribution in [0.2, 0.25) is 0 Å². The Bertz CT molecular complexity index is 1390. The summed E-state index contributed by atoms with van der Waals surface area (Å²) in [5.74, 6) is -2.54. The number of hydrogen-bond acceptors (Lipinski definition) is 7. The van der Waals surface area contributed by atoms with Crippen LogP contribution in [-0.2, 0) is 26.0 Å². The van der Waals surface area contributed by atoms with Crippen LogP contribution in [0.5, 0.6) is 0 Å². The van der Waals surface area contributed by atoms with Gasteiger partial charge >= 0.3 is 5.97 Å². The van der Waals surface area contributed by atoms with Crippen LogP contribution in [0.25, 0.3) is 11.5 Å². The number of carboxylic acid groups (broad SMARTS) is 1. The maximum Gasteiger partial charge on any atom is 0.307 e. The zero-order valence-electron chi connectivity index (χ0n) is 20.7. The highest BCUT2D eigenvalue weighted by atomic mass is 32.2. The predicted octanol–water partition coefficient (Wildman–Crippen LogP) is 4.17. The second-order valence-electron chi connectivity index (χ2n) is 9.28. The first-order valence-electron chi connectivity index (χ1n) is 12.2. The Morgan fingerprint density at radius 1 is 1.03 bits per heavy atom. The molecular weight excluding hydrogens is 496 g/mol. The van der Waals surface area contributed by atoms with Crippen molar-refractivity contribution in [3.05, 3.63) is 59.4 Å². The molecule has 4 rings (SSSR count). The molecule has 1 aliphatic carbocycles. The average Bonchev–Trinajstić information content (AvgIpc) is 3.23. The largest absolute Gasteiger partial charge is 0.481 e. The van der Waals surface area contributed by atoms with Crippen LogP contribution in [0.3, 0.4) is 0 Å². The number of carboxylic acids is 1. The number of aryl methyl sites for hydroxylation is 3. The molecule has 10 nitrogen and oxygen atoms in total. The van der Waals surface area contributed by atoms with Gasteiger partial charge in [-0.25, -0.2) is 13.4 Å². The normalized spacial score (nSPS) is 17.8. The van der Waals surface area contributed by atoms with E-state index in [1.807, 2.05) is 30.3 Å². The number of aliphatic carboxylic acids is 1. The van der Waals surface area contributed by atoms with Crippen molar-refractivity contribution in [2.75, 3.05) is 15.8 Å². The lowest BCUT2D eigenvalue weighted by atomic mass is 9.78. The number of pyridine rings is 1. The molecule has 2 aromatic heterocycles. The summed E-state index contributed by atoms with van der Waals surface area (Å²) in [6.07, 6.45) is 2.97. The van der Waals surface area contributed by atoms with Gasteiger partial charge in [0.05, 0.1) is 29.0 Å². The molecule has 37 heavy (non-hydrogen) atoms. The summed E-state index contributed by atoms with van der Waals surface area (Å²) < 4.78 is 33.6. The third kappa shape index (κ3) is 6.34. The van der Waals surface area contributed by atoms with E-state index in [1.54, 1.807) is 26.0 Å². The van der Waals surface area contributed by atoms with E-state index in [0.29, 0.717) is 42.0 Å². The van der Waals surface area contributed by atoms with Crippen molar-refractivity contribution < 1.29 is 27.6 Å². The summed E-state index contributed by atoms with van der Waals surface area (Å²) in [6.45, 7) is 3.33. The third-order valence-corrected chi connectivity index (χ3v) is 7.88. The highest BCUT2D eigenvalue weighted by Crippen LogP contribution is 2.34. The van der Waals surface area contributed by atoms with Gasteiger partial charge in [-0.2, -0.15) is 0 Å². The zero-order valence-corrected chi connectivity index (χ0v) is 21.5. The van der Waals surface area contributed by atoms with E-state index in [0.717, 1.165) is 18.4 Å². The van der Waals surface area contributed by atoms with Crippen LogP contribution in [-0.4, -0.2) is 41.3 Å². The quantitative estimate of drug-likeness (QED) is 0.376. The highest BCUT2D eigenvalue weighted by Gasteiger charge is 2.36. The molecule has 1 aromatic carbocycles. The minimum Gasteiger partial charge on any atom is -0.481 e. The van der Waals surface area contributed by atoms with Crippen LogP contribution in [0, 0.1) is 25.7 Å². The van der Waals surface area contributed by atoms with E-state index in [9.17, 15) is 23.1 Å². The number of carbonyl (C=O) groups is 2. The van der Waals surface area contributed by atoms with Crippen molar-refractivity contribution in [1.82, 2.24) is 10.1 Å². The lowest BCUT2D eigenvalue weighted by Gasteiger charge is -2.27. The summed E-state index contributed by atoms with van der Waals surface area (Å²) in [5, 5.41) is 16.2. The topological polar surface area (TPSA) is 151 Å². The van der Waals surface area contributed by atoms with Crippen LogP contribution in [0.4, 0.5) is 11.4 Å². The van der Waals surface area contributed by atoms with Gasteiger partial charge in [-0.15, -0.1) is 0 Å². The average molecular weight is 527 g/mol. The number of nitrogens with zero attached hydrogens (tertiary/aromatic N) is 2. The summed E-state index contributed by atoms with van der Waals surface area (Å²) >= 11 is 0. The maximum absolute atomic E-state index is 12.9. The fourth-order valence-electron chi connectivity index (χ4n) is 4.55. The van der Waals surface area contributed by atoms with E-state index in [1.165, 1.54) is 0 Å². The first kappa shape index (κ1) is 26.3. The van der Waals surface area contributed by atoms with E-state index < -0.39 is 27.8 Å². The molecule has 196 valence electrons. The molecule has 0 radical (unpaired) electrons. The number of carbonyl (C=O) groups excluding carboxylic acids is 1. The number of amides is 1. The first-order valence-corrected chi connectivity index (χ1v) is 13.8. The minimum atomic E-state index is -3.70. The number of aromatic nitrogens is 2. The predicted molar refractivity (Wildman–Crippen MR) is 138 cm³/mol. The van der Waals surface area contributed by atoms with E-state index in [4.69, 9.17) is 4.52 Å². The zero-order chi connectivity index (χ0) is 26.6. The Balaban J connectivity index is 1.49. The molecule has 1 saturated carbocycles. The smallest absolute Gasteiger partial charge is 0.307 e. The van der Waals surface area contributed by atoms with Gasteiger partial charge < -0.3 is 14.9 Å². The Hall–Kier alpha value is -3.73. The number of rotatable bonds is 9. The molecule has 3 N–H and O–H groups in total. The minimum absolute atomic E-state index is 0.114. The van der Waals surface area contributed by atoms with Gasteiger partial charge in [-0.05, 0) is 50.8 Å². The molecule has 2 atom stereocenters. The van der Waals surface area contributed by atoms with Gasteiger partial charge in [0.25, 0.3) is 0 Å². The number of hydrogen-bond donors (Lipinski definition) is 3. The number of benzene rings is 1. The highest BCUT2D eigenvalue weighted by molar-refractivity contribution is 7.92. The molecule has 11 heteroatoms. The summed E-state index contributed by atoms with van der Waals surface area (Å²) in [7, 11) is -3.70. The van der Waals surface area contributed by atoms with E-state index in [-0.39, 0.29) is 23.1 Å². The van der Waals surface area contributed by atoms with Crippen LogP contribution >= 0.6 is 0 Å². The standard InChI is InChI=1S/C26H30N4O6S/c1-16-21(28-25(31)19-10-6-7-11-20(19)26(32)33)12-13-22(27-16)24-23(17(2)29-36-24)30-37(34,35)15-14-18-8-4-3-5-9-18/h3-5,8-9,12-13,19-20,30H,6-7,10-11,14-15H2,1-2H3,(H,28,31)(H,32,33). The van der Waals surface area contributed by atoms with Gasteiger partial charge in [0.15, 0.2) is 0 Å². The molecule has 0 aliphatic heterocycles. The fraction of sp³-hybridized carbons (Fsp3) is 0.385. The molecule has 2 unspecified atom stereocenters. The lowest BCUT2D eigenvalue weighted by molar-refractivity contribution is -0.147. The van der Waals surface area contributed by atoms with Gasteiger partial charge in [-0.1, -0.05) is 48.3 Å². The van der Waals surface area contributed by atoms with Crippen molar-refractivity contribution in [2.24, 2.45) is 11.8 Å². The van der Waals surface area contributed by atoms with Gasteiger partial charge in [0, 0.05) is 0 Å². The van der Waals surface area contributed by atoms with E-state index >= 15 is 0 Å². The summed E-state index contributed by atoms with van der Waals surface area (Å²) in [4.78, 5) is 28.9. The Morgan fingerprint density at radius 2 is 1.73 bits per heavy atom. The number of nitrogens with one attached hydrogen (secondary N) is 2. The summed E-state index contributed by atoms with van der Waals surface area (Å²) in [5.41, 5.74) is 2.76. The molecule has 0 spiro atoms. The van der Waals surface area contributed by atoms with Crippen molar-refractivity contribution in [2.45, 2.75) is 46.0 Å². The molecule has 1 aliphatic rings. The third-order valence-electron chi connectivity index (χ3n) is 6.62. The van der Waals surface area contributed by atoms with Crippen LogP contribution < -0.4 is 10.0 Å². The second-order valence-corrected chi connectivity index (χ2v) is 11.1. The molecule has 0 saturated heterocycles. The van der Waals surface area contributed by atoms with Gasteiger partial charge in [0.2, 0.25) is 21.7 Å². The molecule has 1 amide bonds. The molecular formula is C26H30N4O6S. The number of sulfonamides is 1. The van der Waals surface area contributed by atoms with Crippen molar-refractivity contribution >= 4 is 33.3 Å². The molecule has 1 fully saturated rings. The monoisotopic (exact) mass is 526 g/mol. The SMILES string of the molecule is Cc1nc(-c2onc(C)c2NS(=O)(=O)CCc2ccccc2)ccc1NC(=O)C1CCCCC1C(=O)O. The Labute approximate surface area is 215 Å². The fourth-order valence-corrected chi connectivity index (χ4v) is 5.71. The molecule has 3 aromatic rings. The van der Waals surface area contributed by atoms with Crippen LogP contribution in [0.15, 0.2) is 47.0 Å². The molecule has 0 bridgehead atoms. The van der Waals surface area contributed by atoms with Crippen molar-refractivity contribution in [1.29, 1.82) is 0 Å². The second kappa shape index (κ2) is 11.1. The van der Waals surface area contributed by atoms with Gasteiger partial charge in [0.1, 0.15) is 17.1 Å². The summed E-state index contributed by atoms with van der Waals surface area (Å²) in [6, 6.07) is 12.6. The molecule has 2 heterocycles. The maximum atomic E-state index is 12.9. The van der Waals surface area contributed by atoms with Gasteiger partial charge in [-0.3, -0.25) is 14.3 Å². The van der Waals surface area contributed by atoms with Crippen molar-refractivity contribution in [3.8, 4) is 11.5 Å². The van der Waals surface area contributed by atoms with Crippen LogP contribution in [0.1, 0.15) is 42.6 Å². The first-order chi connectivity index (χ1) is 17.6. The number of anilines is 2. The van der Waals surface area contributed by atoms with E-state index in [2.05, 4.69) is 20.2 Å². The Morgan fingerprint density at radius 3 is 2.41 bits per heavy atom. The van der Waals surface area contributed by atoms with Crippen molar-refractivity contribution in [3.63, 3.8) is 0 Å².